The lowest BCUT2D eigenvalue weighted by molar-refractivity contribution is -0.135. The van der Waals surface area contributed by atoms with Crippen molar-refractivity contribution in [3.8, 4) is 0 Å². The summed E-state index contributed by atoms with van der Waals surface area (Å²) in [4.78, 5) is 30.6. The minimum absolute atomic E-state index is 0.0695. The van der Waals surface area contributed by atoms with Crippen LogP contribution in [0.1, 0.15) is 18.4 Å². The average molecular weight is 359 g/mol. The number of halogens is 1. The third-order valence-corrected chi connectivity index (χ3v) is 5.12. The molecule has 1 aromatic carbocycles. The Hall–Kier alpha value is -2.21. The standard InChI is InChI=1S/C20H26FN3O2/c1-22(2)11-12-24-14-17(13-19(24)25)20(26)23-9-7-16(8-10-23)15-3-5-18(21)6-4-15/h3-7,17H,8-14H2,1-2H3/t17-/m0/s1. The lowest BCUT2D eigenvalue weighted by Crippen LogP contribution is -2.40. The molecule has 2 aliphatic rings. The number of hydrogen-bond acceptors (Lipinski definition) is 3. The Kier molecular flexibility index (Phi) is 5.71. The number of rotatable bonds is 5. The van der Waals surface area contributed by atoms with E-state index in [0.717, 1.165) is 24.1 Å². The Balaban J connectivity index is 1.56. The highest BCUT2D eigenvalue weighted by molar-refractivity contribution is 5.89. The Labute approximate surface area is 154 Å². The van der Waals surface area contributed by atoms with E-state index in [0.29, 0.717) is 32.6 Å². The van der Waals surface area contributed by atoms with Gasteiger partial charge < -0.3 is 14.7 Å². The molecule has 2 aliphatic heterocycles. The predicted octanol–water partition coefficient (Wildman–Crippen LogP) is 1.85. The summed E-state index contributed by atoms with van der Waals surface area (Å²) < 4.78 is 13.1. The van der Waals surface area contributed by atoms with Crippen LogP contribution in [0.4, 0.5) is 4.39 Å². The Morgan fingerprint density at radius 1 is 1.27 bits per heavy atom. The van der Waals surface area contributed by atoms with Crippen LogP contribution < -0.4 is 0 Å². The molecule has 1 fully saturated rings. The molecule has 0 bridgehead atoms. The van der Waals surface area contributed by atoms with Crippen molar-refractivity contribution < 1.29 is 14.0 Å². The highest BCUT2D eigenvalue weighted by Gasteiger charge is 2.36. The maximum Gasteiger partial charge on any atom is 0.228 e. The van der Waals surface area contributed by atoms with Crippen molar-refractivity contribution in [2.75, 3.05) is 46.8 Å². The smallest absolute Gasteiger partial charge is 0.228 e. The Morgan fingerprint density at radius 3 is 2.62 bits per heavy atom. The van der Waals surface area contributed by atoms with E-state index in [-0.39, 0.29) is 23.5 Å². The molecular weight excluding hydrogens is 333 g/mol. The fourth-order valence-corrected chi connectivity index (χ4v) is 3.53. The van der Waals surface area contributed by atoms with E-state index >= 15 is 0 Å². The van der Waals surface area contributed by atoms with Crippen molar-refractivity contribution in [1.29, 1.82) is 0 Å². The molecule has 140 valence electrons. The molecular formula is C20H26FN3O2. The van der Waals surface area contributed by atoms with Crippen molar-refractivity contribution >= 4 is 17.4 Å². The molecule has 2 amide bonds. The van der Waals surface area contributed by atoms with Gasteiger partial charge in [-0.1, -0.05) is 18.2 Å². The van der Waals surface area contributed by atoms with Crippen LogP contribution in [0.25, 0.3) is 5.57 Å². The fraction of sp³-hybridized carbons (Fsp3) is 0.500. The Bertz CT molecular complexity index is 700. The first-order valence-electron chi connectivity index (χ1n) is 9.10. The number of likely N-dealkylation sites (N-methyl/N-ethyl adjacent to an activating group) is 1. The third-order valence-electron chi connectivity index (χ3n) is 5.12. The maximum absolute atomic E-state index is 13.1. The van der Waals surface area contributed by atoms with E-state index in [4.69, 9.17) is 0 Å². The van der Waals surface area contributed by atoms with E-state index in [2.05, 4.69) is 0 Å². The van der Waals surface area contributed by atoms with Crippen molar-refractivity contribution in [2.24, 2.45) is 5.92 Å². The minimum Gasteiger partial charge on any atom is -0.341 e. The molecule has 1 aromatic rings. The summed E-state index contributed by atoms with van der Waals surface area (Å²) in [5.41, 5.74) is 2.15. The summed E-state index contributed by atoms with van der Waals surface area (Å²) in [5, 5.41) is 0. The van der Waals surface area contributed by atoms with Gasteiger partial charge in [-0.25, -0.2) is 4.39 Å². The first-order valence-corrected chi connectivity index (χ1v) is 9.10. The van der Waals surface area contributed by atoms with Gasteiger partial charge in [0.2, 0.25) is 11.8 Å². The second-order valence-electron chi connectivity index (χ2n) is 7.31. The summed E-state index contributed by atoms with van der Waals surface area (Å²) in [6.07, 6.45) is 3.11. The van der Waals surface area contributed by atoms with Crippen LogP contribution in [0.5, 0.6) is 0 Å². The summed E-state index contributed by atoms with van der Waals surface area (Å²) in [6.45, 7) is 3.19. The van der Waals surface area contributed by atoms with Crippen LogP contribution >= 0.6 is 0 Å². The van der Waals surface area contributed by atoms with Crippen LogP contribution in [-0.4, -0.2) is 73.3 Å². The lowest BCUT2D eigenvalue weighted by Gasteiger charge is -2.29. The maximum atomic E-state index is 13.1. The number of benzene rings is 1. The molecule has 0 saturated carbocycles. The summed E-state index contributed by atoms with van der Waals surface area (Å²) >= 11 is 0. The van der Waals surface area contributed by atoms with Crippen molar-refractivity contribution in [2.45, 2.75) is 12.8 Å². The molecule has 5 nitrogen and oxygen atoms in total. The second-order valence-corrected chi connectivity index (χ2v) is 7.31. The normalized spacial score (nSPS) is 20.7. The van der Waals surface area contributed by atoms with Gasteiger partial charge in [-0.2, -0.15) is 0 Å². The average Bonchev–Trinajstić information content (AvgIpc) is 3.01. The third kappa shape index (κ3) is 4.30. The highest BCUT2D eigenvalue weighted by Crippen LogP contribution is 2.25. The van der Waals surface area contributed by atoms with Crippen molar-refractivity contribution in [3.63, 3.8) is 0 Å². The van der Waals surface area contributed by atoms with Gasteiger partial charge in [0, 0.05) is 39.1 Å². The molecule has 0 N–H and O–H groups in total. The number of hydrogen-bond donors (Lipinski definition) is 0. The number of likely N-dealkylation sites (tertiary alicyclic amines) is 1. The van der Waals surface area contributed by atoms with E-state index in [1.807, 2.05) is 30.0 Å². The minimum atomic E-state index is -0.244. The zero-order valence-electron chi connectivity index (χ0n) is 15.4. The topological polar surface area (TPSA) is 43.9 Å². The zero-order chi connectivity index (χ0) is 18.7. The van der Waals surface area contributed by atoms with Gasteiger partial charge in [-0.05, 0) is 43.8 Å². The van der Waals surface area contributed by atoms with E-state index in [9.17, 15) is 14.0 Å². The Morgan fingerprint density at radius 2 is 2.00 bits per heavy atom. The first kappa shape index (κ1) is 18.6. The largest absolute Gasteiger partial charge is 0.341 e. The monoisotopic (exact) mass is 359 g/mol. The van der Waals surface area contributed by atoms with Gasteiger partial charge in [0.15, 0.2) is 0 Å². The number of carbonyl (C=O) groups excluding carboxylic acids is 2. The molecule has 3 rings (SSSR count). The van der Waals surface area contributed by atoms with E-state index in [1.165, 1.54) is 12.1 Å². The molecule has 1 atom stereocenters. The molecule has 2 heterocycles. The van der Waals surface area contributed by atoms with Crippen molar-refractivity contribution in [1.82, 2.24) is 14.7 Å². The molecule has 0 aromatic heterocycles. The molecule has 26 heavy (non-hydrogen) atoms. The molecule has 1 saturated heterocycles. The van der Waals surface area contributed by atoms with Gasteiger partial charge in [-0.15, -0.1) is 0 Å². The van der Waals surface area contributed by atoms with Crippen LogP contribution in [0.2, 0.25) is 0 Å². The highest BCUT2D eigenvalue weighted by atomic mass is 19.1. The summed E-state index contributed by atoms with van der Waals surface area (Å²) in [6, 6.07) is 6.47. The van der Waals surface area contributed by atoms with Crippen LogP contribution in [0.3, 0.4) is 0 Å². The molecule has 6 heteroatoms. The van der Waals surface area contributed by atoms with Crippen LogP contribution in [0, 0.1) is 11.7 Å². The van der Waals surface area contributed by atoms with Gasteiger partial charge in [-0.3, -0.25) is 9.59 Å². The van der Waals surface area contributed by atoms with Crippen LogP contribution in [0.15, 0.2) is 30.3 Å². The number of carbonyl (C=O) groups is 2. The SMILES string of the molecule is CN(C)CCN1C[C@@H](C(=O)N2CC=C(c3ccc(F)cc3)CC2)CC1=O. The summed E-state index contributed by atoms with van der Waals surface area (Å²) in [7, 11) is 3.95. The first-order chi connectivity index (χ1) is 12.4. The molecule has 0 aliphatic carbocycles. The fourth-order valence-electron chi connectivity index (χ4n) is 3.53. The summed E-state index contributed by atoms with van der Waals surface area (Å²) in [5.74, 6) is -0.331. The van der Waals surface area contributed by atoms with E-state index < -0.39 is 0 Å². The number of amides is 2. The van der Waals surface area contributed by atoms with Gasteiger partial charge in [0.1, 0.15) is 5.82 Å². The van der Waals surface area contributed by atoms with Gasteiger partial charge in [0.05, 0.1) is 5.92 Å². The van der Waals surface area contributed by atoms with Gasteiger partial charge in [0.25, 0.3) is 0 Å². The molecule has 0 spiro atoms. The molecule has 0 radical (unpaired) electrons. The zero-order valence-corrected chi connectivity index (χ0v) is 15.4. The second kappa shape index (κ2) is 7.99. The van der Waals surface area contributed by atoms with E-state index in [1.54, 1.807) is 17.0 Å². The van der Waals surface area contributed by atoms with Crippen LogP contribution in [-0.2, 0) is 9.59 Å². The number of nitrogens with zero attached hydrogens (tertiary/aromatic N) is 3. The molecule has 0 unspecified atom stereocenters. The lowest BCUT2D eigenvalue weighted by atomic mass is 9.98. The predicted molar refractivity (Wildman–Crippen MR) is 98.8 cm³/mol. The van der Waals surface area contributed by atoms with Gasteiger partial charge >= 0.3 is 0 Å². The van der Waals surface area contributed by atoms with Crippen molar-refractivity contribution in [3.05, 3.63) is 41.7 Å². The quantitative estimate of drug-likeness (QED) is 0.806.